The van der Waals surface area contributed by atoms with Gasteiger partial charge in [-0.2, -0.15) is 0 Å². The number of hydrogen-bond donors (Lipinski definition) is 1. The van der Waals surface area contributed by atoms with Gasteiger partial charge in [-0.15, -0.1) is 11.3 Å². The van der Waals surface area contributed by atoms with Gasteiger partial charge in [-0.3, -0.25) is 4.79 Å². The lowest BCUT2D eigenvalue weighted by atomic mass is 10.1. The van der Waals surface area contributed by atoms with Crippen LogP contribution in [-0.4, -0.2) is 21.6 Å². The summed E-state index contributed by atoms with van der Waals surface area (Å²) in [6.45, 7) is 2.07. The third kappa shape index (κ3) is 4.02. The average molecular weight is 392 g/mol. The summed E-state index contributed by atoms with van der Waals surface area (Å²) in [6.07, 6.45) is 1.56. The van der Waals surface area contributed by atoms with Crippen LogP contribution in [0.3, 0.4) is 0 Å². The van der Waals surface area contributed by atoms with Crippen LogP contribution >= 0.6 is 23.1 Å². The van der Waals surface area contributed by atoms with Crippen LogP contribution in [0, 0.1) is 6.92 Å². The molecule has 27 heavy (non-hydrogen) atoms. The maximum atomic E-state index is 12.3. The minimum Gasteiger partial charge on any atom is -0.325 e. The number of anilines is 1. The van der Waals surface area contributed by atoms with Crippen LogP contribution < -0.4 is 5.32 Å². The van der Waals surface area contributed by atoms with Crippen LogP contribution in [0.2, 0.25) is 0 Å². The Kier molecular flexibility index (Phi) is 5.18. The van der Waals surface area contributed by atoms with Crippen molar-refractivity contribution in [3.63, 3.8) is 0 Å². The lowest BCUT2D eigenvalue weighted by Gasteiger charge is -2.07. The van der Waals surface area contributed by atoms with E-state index < -0.39 is 0 Å². The lowest BCUT2D eigenvalue weighted by molar-refractivity contribution is -0.113. The van der Waals surface area contributed by atoms with Crippen LogP contribution in [0.1, 0.15) is 5.56 Å². The maximum Gasteiger partial charge on any atom is 0.234 e. The van der Waals surface area contributed by atoms with Crippen molar-refractivity contribution in [2.24, 2.45) is 0 Å². The number of thioether (sulfide) groups is 1. The monoisotopic (exact) mass is 391 g/mol. The standard InChI is InChI=1S/C21H17N3OS2/c1-14-7-9-15(10-8-14)17-11-26-20-19(17)21(23-13-22-20)27-12-18(25)24-16-5-3-2-4-6-16/h2-11,13H,12H2,1H3,(H,24,25). The quantitative estimate of drug-likeness (QED) is 0.366. The first-order valence-corrected chi connectivity index (χ1v) is 10.3. The number of amides is 1. The first-order chi connectivity index (χ1) is 13.2. The molecule has 0 radical (unpaired) electrons. The third-order valence-corrected chi connectivity index (χ3v) is 5.97. The second-order valence-electron chi connectivity index (χ2n) is 6.08. The number of rotatable bonds is 5. The highest BCUT2D eigenvalue weighted by molar-refractivity contribution is 8.00. The van der Waals surface area contributed by atoms with Gasteiger partial charge in [0.25, 0.3) is 0 Å². The number of nitrogens with one attached hydrogen (secondary N) is 1. The van der Waals surface area contributed by atoms with Gasteiger partial charge in [-0.25, -0.2) is 9.97 Å². The first kappa shape index (κ1) is 17.7. The Bertz CT molecular complexity index is 1080. The molecule has 4 rings (SSSR count). The number of carbonyl (C=O) groups excluding carboxylic acids is 1. The summed E-state index contributed by atoms with van der Waals surface area (Å²) in [5.41, 5.74) is 4.27. The SMILES string of the molecule is Cc1ccc(-c2csc3ncnc(SCC(=O)Nc4ccccc4)c23)cc1. The van der Waals surface area contributed by atoms with E-state index in [1.807, 2.05) is 30.3 Å². The van der Waals surface area contributed by atoms with Gasteiger partial charge < -0.3 is 5.32 Å². The van der Waals surface area contributed by atoms with Crippen molar-refractivity contribution in [2.45, 2.75) is 11.9 Å². The van der Waals surface area contributed by atoms with Crippen molar-refractivity contribution in [1.29, 1.82) is 0 Å². The molecule has 4 aromatic rings. The molecular formula is C21H17N3OS2. The first-order valence-electron chi connectivity index (χ1n) is 8.47. The van der Waals surface area contributed by atoms with Crippen molar-refractivity contribution < 1.29 is 4.79 Å². The van der Waals surface area contributed by atoms with Crippen molar-refractivity contribution in [3.8, 4) is 11.1 Å². The predicted molar refractivity (Wildman–Crippen MR) is 113 cm³/mol. The summed E-state index contributed by atoms with van der Waals surface area (Å²) >= 11 is 3.04. The summed E-state index contributed by atoms with van der Waals surface area (Å²) in [7, 11) is 0. The Morgan fingerprint density at radius 3 is 2.63 bits per heavy atom. The van der Waals surface area contributed by atoms with Crippen molar-refractivity contribution in [2.75, 3.05) is 11.1 Å². The van der Waals surface area contributed by atoms with E-state index in [2.05, 4.69) is 51.9 Å². The topological polar surface area (TPSA) is 54.9 Å². The number of carbonyl (C=O) groups is 1. The molecule has 6 heteroatoms. The van der Waals surface area contributed by atoms with E-state index in [9.17, 15) is 4.79 Å². The summed E-state index contributed by atoms with van der Waals surface area (Å²) in [5.74, 6) is 0.245. The number of hydrogen-bond acceptors (Lipinski definition) is 5. The van der Waals surface area contributed by atoms with Gasteiger partial charge >= 0.3 is 0 Å². The fraction of sp³-hybridized carbons (Fsp3) is 0.0952. The molecule has 4 nitrogen and oxygen atoms in total. The molecule has 0 spiro atoms. The zero-order valence-corrected chi connectivity index (χ0v) is 16.3. The Morgan fingerprint density at radius 1 is 1.07 bits per heavy atom. The summed E-state index contributed by atoms with van der Waals surface area (Å²) in [4.78, 5) is 22.1. The molecule has 0 aliphatic carbocycles. The van der Waals surface area contributed by atoms with E-state index in [4.69, 9.17) is 0 Å². The Hall–Kier alpha value is -2.70. The number of nitrogens with zero attached hydrogens (tertiary/aromatic N) is 2. The molecule has 134 valence electrons. The van der Waals surface area contributed by atoms with Crippen LogP contribution in [-0.2, 0) is 4.79 Å². The Morgan fingerprint density at radius 2 is 1.85 bits per heavy atom. The zero-order valence-electron chi connectivity index (χ0n) is 14.7. The molecule has 1 N–H and O–H groups in total. The van der Waals surface area contributed by atoms with Crippen molar-refractivity contribution in [1.82, 2.24) is 9.97 Å². The van der Waals surface area contributed by atoms with Crippen molar-refractivity contribution >= 4 is 44.9 Å². The smallest absolute Gasteiger partial charge is 0.234 e. The highest BCUT2D eigenvalue weighted by atomic mass is 32.2. The highest BCUT2D eigenvalue weighted by Gasteiger charge is 2.14. The maximum absolute atomic E-state index is 12.3. The van der Waals surface area contributed by atoms with Gasteiger partial charge in [-0.1, -0.05) is 59.8 Å². The fourth-order valence-electron chi connectivity index (χ4n) is 2.76. The van der Waals surface area contributed by atoms with Gasteiger partial charge in [0.05, 0.1) is 11.1 Å². The van der Waals surface area contributed by atoms with Crippen LogP contribution in [0.4, 0.5) is 5.69 Å². The molecule has 0 aliphatic heterocycles. The molecule has 0 fully saturated rings. The van der Waals surface area contributed by atoms with Crippen LogP contribution in [0.25, 0.3) is 21.3 Å². The number of para-hydroxylation sites is 1. The molecule has 1 amide bonds. The summed E-state index contributed by atoms with van der Waals surface area (Å²) in [6, 6.07) is 17.9. The Balaban J connectivity index is 1.57. The summed E-state index contributed by atoms with van der Waals surface area (Å²) < 4.78 is 0. The molecule has 2 heterocycles. The number of aromatic nitrogens is 2. The van der Waals surface area contributed by atoms with E-state index in [0.29, 0.717) is 5.75 Å². The number of benzene rings is 2. The minimum absolute atomic E-state index is 0.0509. The molecule has 2 aromatic heterocycles. The highest BCUT2D eigenvalue weighted by Crippen LogP contribution is 2.37. The number of fused-ring (bicyclic) bond motifs is 1. The van der Waals surface area contributed by atoms with Crippen LogP contribution in [0.15, 0.2) is 71.3 Å². The molecular weight excluding hydrogens is 374 g/mol. The largest absolute Gasteiger partial charge is 0.325 e. The molecule has 0 saturated carbocycles. The minimum atomic E-state index is -0.0509. The molecule has 0 atom stereocenters. The lowest BCUT2D eigenvalue weighted by Crippen LogP contribution is -2.14. The number of thiophene rings is 1. The molecule has 0 unspecified atom stereocenters. The zero-order chi connectivity index (χ0) is 18.6. The summed E-state index contributed by atoms with van der Waals surface area (Å²) in [5, 5.41) is 6.87. The molecule has 0 saturated heterocycles. The normalized spacial score (nSPS) is 10.9. The second kappa shape index (κ2) is 7.90. The second-order valence-corrected chi connectivity index (χ2v) is 7.90. The van der Waals surface area contributed by atoms with Crippen molar-refractivity contribution in [3.05, 3.63) is 71.9 Å². The van der Waals surface area contributed by atoms with E-state index in [1.54, 1.807) is 17.7 Å². The van der Waals surface area contributed by atoms with Gasteiger partial charge in [0.15, 0.2) is 0 Å². The predicted octanol–water partition coefficient (Wildman–Crippen LogP) is 5.40. The van der Waals surface area contributed by atoms with E-state index in [1.165, 1.54) is 17.3 Å². The van der Waals surface area contributed by atoms with E-state index >= 15 is 0 Å². The van der Waals surface area contributed by atoms with Gasteiger partial charge in [-0.05, 0) is 24.6 Å². The van der Waals surface area contributed by atoms with E-state index in [0.717, 1.165) is 32.1 Å². The van der Waals surface area contributed by atoms with Gasteiger partial charge in [0.1, 0.15) is 16.2 Å². The Labute approximate surface area is 165 Å². The van der Waals surface area contributed by atoms with Crippen LogP contribution in [0.5, 0.6) is 0 Å². The molecule has 0 bridgehead atoms. The number of aryl methyl sites for hydroxylation is 1. The van der Waals surface area contributed by atoms with E-state index in [-0.39, 0.29) is 5.91 Å². The van der Waals surface area contributed by atoms with Gasteiger partial charge in [0, 0.05) is 16.6 Å². The average Bonchev–Trinajstić information content (AvgIpc) is 3.12. The fourth-order valence-corrected chi connectivity index (χ4v) is 4.55. The van der Waals surface area contributed by atoms with Gasteiger partial charge in [0.2, 0.25) is 5.91 Å². The molecule has 0 aliphatic rings. The molecule has 2 aromatic carbocycles. The third-order valence-electron chi connectivity index (χ3n) is 4.10.